The molecule has 1 heterocycles. The molecule has 25 heavy (non-hydrogen) atoms. The highest BCUT2D eigenvalue weighted by molar-refractivity contribution is 5.92. The number of hydrogen-bond acceptors (Lipinski definition) is 4. The molecule has 1 aromatic carbocycles. The van der Waals surface area contributed by atoms with Gasteiger partial charge in [-0.2, -0.15) is 0 Å². The van der Waals surface area contributed by atoms with Gasteiger partial charge in [-0.05, 0) is 37.6 Å². The summed E-state index contributed by atoms with van der Waals surface area (Å²) in [7, 11) is 0. The van der Waals surface area contributed by atoms with Crippen molar-refractivity contribution in [1.82, 2.24) is 10.2 Å². The van der Waals surface area contributed by atoms with Crippen LogP contribution in [0.4, 0.5) is 0 Å². The Bertz CT molecular complexity index is 590. The third-order valence-corrected chi connectivity index (χ3v) is 3.68. The van der Waals surface area contributed by atoms with Crippen molar-refractivity contribution in [3.05, 3.63) is 35.9 Å². The predicted molar refractivity (Wildman–Crippen MR) is 96.3 cm³/mol. The van der Waals surface area contributed by atoms with E-state index in [2.05, 4.69) is 5.32 Å². The van der Waals surface area contributed by atoms with Crippen molar-refractivity contribution in [2.45, 2.75) is 26.4 Å². The van der Waals surface area contributed by atoms with Gasteiger partial charge in [0.15, 0.2) is 0 Å². The van der Waals surface area contributed by atoms with E-state index in [0.29, 0.717) is 39.3 Å². The lowest BCUT2D eigenvalue weighted by atomic mass is 10.2. The second kappa shape index (κ2) is 9.84. The van der Waals surface area contributed by atoms with Gasteiger partial charge in [0.1, 0.15) is 5.75 Å². The molecule has 0 aliphatic carbocycles. The molecule has 2 amide bonds. The molecule has 0 radical (unpaired) electrons. The van der Waals surface area contributed by atoms with Crippen LogP contribution in [-0.4, -0.2) is 55.7 Å². The standard InChI is InChI=1S/C19H26N2O4/c1-15(2)25-17-6-3-16(4-7-17)5-8-18(22)20-10-9-19(23)21-11-13-24-14-12-21/h3-8,15H,9-14H2,1-2H3,(H,20,22)/b8-5+. The van der Waals surface area contributed by atoms with Crippen molar-refractivity contribution < 1.29 is 19.1 Å². The SMILES string of the molecule is CC(C)Oc1ccc(/C=C/C(=O)NCCC(=O)N2CCOCC2)cc1. The Morgan fingerprint density at radius 2 is 1.92 bits per heavy atom. The maximum Gasteiger partial charge on any atom is 0.244 e. The molecule has 0 bridgehead atoms. The number of morpholine rings is 1. The van der Waals surface area contributed by atoms with E-state index < -0.39 is 0 Å². The van der Waals surface area contributed by atoms with Gasteiger partial charge in [-0.3, -0.25) is 9.59 Å². The number of amides is 2. The summed E-state index contributed by atoms with van der Waals surface area (Å²) < 4.78 is 10.8. The summed E-state index contributed by atoms with van der Waals surface area (Å²) in [6.07, 6.45) is 3.64. The molecule has 0 unspecified atom stereocenters. The molecule has 6 nitrogen and oxygen atoms in total. The summed E-state index contributed by atoms with van der Waals surface area (Å²) in [4.78, 5) is 25.5. The zero-order valence-electron chi connectivity index (χ0n) is 14.9. The minimum atomic E-state index is -0.211. The van der Waals surface area contributed by atoms with Crippen molar-refractivity contribution in [3.8, 4) is 5.75 Å². The zero-order chi connectivity index (χ0) is 18.1. The molecule has 1 aliphatic heterocycles. The van der Waals surface area contributed by atoms with E-state index in [4.69, 9.17) is 9.47 Å². The summed E-state index contributed by atoms with van der Waals surface area (Å²) >= 11 is 0. The maximum atomic E-state index is 12.0. The van der Waals surface area contributed by atoms with E-state index in [1.54, 1.807) is 11.0 Å². The molecule has 1 aliphatic rings. The topological polar surface area (TPSA) is 67.9 Å². The fourth-order valence-corrected chi connectivity index (χ4v) is 2.42. The quantitative estimate of drug-likeness (QED) is 0.765. The molecular formula is C19H26N2O4. The highest BCUT2D eigenvalue weighted by Crippen LogP contribution is 2.14. The monoisotopic (exact) mass is 346 g/mol. The second-order valence-corrected chi connectivity index (χ2v) is 6.10. The van der Waals surface area contributed by atoms with Crippen LogP contribution < -0.4 is 10.1 Å². The summed E-state index contributed by atoms with van der Waals surface area (Å²) in [5, 5.41) is 2.73. The third kappa shape index (κ3) is 6.97. The van der Waals surface area contributed by atoms with E-state index in [-0.39, 0.29) is 17.9 Å². The Hall–Kier alpha value is -2.34. The minimum Gasteiger partial charge on any atom is -0.491 e. The van der Waals surface area contributed by atoms with Gasteiger partial charge in [-0.1, -0.05) is 12.1 Å². The van der Waals surface area contributed by atoms with Gasteiger partial charge in [0.2, 0.25) is 11.8 Å². The summed E-state index contributed by atoms with van der Waals surface area (Å²) in [5.41, 5.74) is 0.913. The number of rotatable bonds is 7. The molecule has 1 N–H and O–H groups in total. The Balaban J connectivity index is 1.70. The van der Waals surface area contributed by atoms with E-state index in [0.717, 1.165) is 11.3 Å². The Morgan fingerprint density at radius 3 is 2.56 bits per heavy atom. The highest BCUT2D eigenvalue weighted by Gasteiger charge is 2.16. The molecule has 6 heteroatoms. The van der Waals surface area contributed by atoms with Crippen molar-refractivity contribution >= 4 is 17.9 Å². The van der Waals surface area contributed by atoms with E-state index in [1.165, 1.54) is 6.08 Å². The first-order chi connectivity index (χ1) is 12.0. The molecule has 1 fully saturated rings. The zero-order valence-corrected chi connectivity index (χ0v) is 14.9. The Kier molecular flexibility index (Phi) is 7.47. The largest absolute Gasteiger partial charge is 0.491 e. The molecule has 1 aromatic rings. The smallest absolute Gasteiger partial charge is 0.244 e. The lowest BCUT2D eigenvalue weighted by Crippen LogP contribution is -2.41. The van der Waals surface area contributed by atoms with Crippen LogP contribution in [0, 0.1) is 0 Å². The van der Waals surface area contributed by atoms with Crippen LogP contribution in [0.1, 0.15) is 25.8 Å². The van der Waals surface area contributed by atoms with Gasteiger partial charge in [-0.25, -0.2) is 0 Å². The van der Waals surface area contributed by atoms with E-state index in [9.17, 15) is 9.59 Å². The molecule has 0 atom stereocenters. The first-order valence-electron chi connectivity index (χ1n) is 8.63. The van der Waals surface area contributed by atoms with Gasteiger partial charge < -0.3 is 19.7 Å². The molecular weight excluding hydrogens is 320 g/mol. The van der Waals surface area contributed by atoms with E-state index >= 15 is 0 Å². The number of benzene rings is 1. The second-order valence-electron chi connectivity index (χ2n) is 6.10. The van der Waals surface area contributed by atoms with E-state index in [1.807, 2.05) is 38.1 Å². The first kappa shape index (κ1) is 19.0. The molecule has 1 saturated heterocycles. The summed E-state index contributed by atoms with van der Waals surface area (Å²) in [5.74, 6) is 0.642. The molecule has 136 valence electrons. The van der Waals surface area contributed by atoms with Crippen molar-refractivity contribution in [2.75, 3.05) is 32.8 Å². The normalized spacial score (nSPS) is 14.8. The average molecular weight is 346 g/mol. The number of carbonyl (C=O) groups excluding carboxylic acids is 2. The average Bonchev–Trinajstić information content (AvgIpc) is 2.61. The molecule has 0 spiro atoms. The molecule has 2 rings (SSSR count). The van der Waals surface area contributed by atoms with Crippen LogP contribution >= 0.6 is 0 Å². The van der Waals surface area contributed by atoms with Crippen LogP contribution in [0.3, 0.4) is 0 Å². The van der Waals surface area contributed by atoms with Crippen LogP contribution in [0.25, 0.3) is 6.08 Å². The van der Waals surface area contributed by atoms with Gasteiger partial charge in [0, 0.05) is 32.1 Å². The number of hydrogen-bond donors (Lipinski definition) is 1. The van der Waals surface area contributed by atoms with Crippen LogP contribution in [0.15, 0.2) is 30.3 Å². The number of carbonyl (C=O) groups is 2. The summed E-state index contributed by atoms with van der Waals surface area (Å²) in [6, 6.07) is 7.53. The van der Waals surface area contributed by atoms with Crippen LogP contribution in [0.5, 0.6) is 5.75 Å². The van der Waals surface area contributed by atoms with Gasteiger partial charge in [0.25, 0.3) is 0 Å². The van der Waals surface area contributed by atoms with Gasteiger partial charge in [-0.15, -0.1) is 0 Å². The van der Waals surface area contributed by atoms with Crippen molar-refractivity contribution in [2.24, 2.45) is 0 Å². The lowest BCUT2D eigenvalue weighted by Gasteiger charge is -2.26. The highest BCUT2D eigenvalue weighted by atomic mass is 16.5. The predicted octanol–water partition coefficient (Wildman–Crippen LogP) is 1.85. The maximum absolute atomic E-state index is 12.0. The first-order valence-corrected chi connectivity index (χ1v) is 8.63. The minimum absolute atomic E-state index is 0.0494. The van der Waals surface area contributed by atoms with Crippen LogP contribution in [-0.2, 0) is 14.3 Å². The fourth-order valence-electron chi connectivity index (χ4n) is 2.42. The van der Waals surface area contributed by atoms with Crippen molar-refractivity contribution in [3.63, 3.8) is 0 Å². The van der Waals surface area contributed by atoms with Crippen LogP contribution in [0.2, 0.25) is 0 Å². The number of nitrogens with zero attached hydrogens (tertiary/aromatic N) is 1. The van der Waals surface area contributed by atoms with Gasteiger partial charge >= 0.3 is 0 Å². The molecule has 0 saturated carbocycles. The molecule has 0 aromatic heterocycles. The summed E-state index contributed by atoms with van der Waals surface area (Å²) in [6.45, 7) is 6.71. The number of nitrogens with one attached hydrogen (secondary N) is 1. The lowest BCUT2D eigenvalue weighted by molar-refractivity contribution is -0.135. The van der Waals surface area contributed by atoms with Gasteiger partial charge in [0.05, 0.1) is 19.3 Å². The fraction of sp³-hybridized carbons (Fsp3) is 0.474. The third-order valence-electron chi connectivity index (χ3n) is 3.68. The Labute approximate surface area is 148 Å². The Morgan fingerprint density at radius 1 is 1.24 bits per heavy atom. The number of ether oxygens (including phenoxy) is 2. The van der Waals surface area contributed by atoms with Crippen molar-refractivity contribution in [1.29, 1.82) is 0 Å².